The zero-order valence-electron chi connectivity index (χ0n) is 12.0. The molecule has 0 aliphatic heterocycles. The van der Waals surface area contributed by atoms with Crippen LogP contribution in [0.25, 0.3) is 0 Å². The smallest absolute Gasteiger partial charge is 0.104 e. The van der Waals surface area contributed by atoms with Crippen molar-refractivity contribution in [1.82, 2.24) is 4.90 Å². The fraction of sp³-hybridized carbons (Fsp3) is 0.222. The Balaban J connectivity index is 1.96. The molecule has 108 valence electrons. The van der Waals surface area contributed by atoms with Gasteiger partial charge in [0.2, 0.25) is 0 Å². The minimum atomic E-state index is -0.109. The number of rotatable bonds is 4. The van der Waals surface area contributed by atoms with Crippen LogP contribution in [0.4, 0.5) is 0 Å². The number of aliphatic hydroxyl groups is 1. The predicted octanol–water partition coefficient (Wildman–Crippen LogP) is 3.32. The first-order valence-electron chi connectivity index (χ1n) is 6.79. The van der Waals surface area contributed by atoms with E-state index in [9.17, 15) is 0 Å². The minimum Gasteiger partial charge on any atom is -0.384 e. The molecule has 1 N–H and O–H groups in total. The molecule has 0 bridgehead atoms. The number of benzene rings is 2. The summed E-state index contributed by atoms with van der Waals surface area (Å²) in [6.45, 7) is 1.55. The third kappa shape index (κ3) is 4.91. The van der Waals surface area contributed by atoms with E-state index in [4.69, 9.17) is 16.7 Å². The summed E-state index contributed by atoms with van der Waals surface area (Å²) in [5.41, 5.74) is 3.27. The average molecular weight is 300 g/mol. The quantitative estimate of drug-likeness (QED) is 0.876. The van der Waals surface area contributed by atoms with Gasteiger partial charge in [-0.25, -0.2) is 0 Å². The Labute approximate surface area is 131 Å². The van der Waals surface area contributed by atoms with Crippen LogP contribution in [0.3, 0.4) is 0 Å². The fourth-order valence-corrected chi connectivity index (χ4v) is 2.32. The fourth-order valence-electron chi connectivity index (χ4n) is 2.12. The Bertz CT molecular complexity index is 640. The molecule has 0 radical (unpaired) electrons. The van der Waals surface area contributed by atoms with Gasteiger partial charge in [-0.3, -0.25) is 4.90 Å². The van der Waals surface area contributed by atoms with E-state index in [0.717, 1.165) is 29.2 Å². The third-order valence-electron chi connectivity index (χ3n) is 3.12. The summed E-state index contributed by atoms with van der Waals surface area (Å²) < 4.78 is 0. The van der Waals surface area contributed by atoms with E-state index < -0.39 is 0 Å². The highest BCUT2D eigenvalue weighted by molar-refractivity contribution is 6.31. The minimum absolute atomic E-state index is 0.109. The summed E-state index contributed by atoms with van der Waals surface area (Å²) in [7, 11) is 2.07. The van der Waals surface area contributed by atoms with E-state index in [2.05, 4.69) is 35.9 Å². The van der Waals surface area contributed by atoms with Crippen LogP contribution in [-0.2, 0) is 13.1 Å². The highest BCUT2D eigenvalue weighted by atomic mass is 35.5. The lowest BCUT2D eigenvalue weighted by molar-refractivity contribution is 0.319. The molecule has 2 nitrogen and oxygen atoms in total. The van der Waals surface area contributed by atoms with Crippen LogP contribution < -0.4 is 0 Å². The van der Waals surface area contributed by atoms with Crippen LogP contribution in [0.5, 0.6) is 0 Å². The second kappa shape index (κ2) is 7.85. The van der Waals surface area contributed by atoms with Gasteiger partial charge < -0.3 is 5.11 Å². The topological polar surface area (TPSA) is 23.5 Å². The third-order valence-corrected chi connectivity index (χ3v) is 3.49. The first-order chi connectivity index (χ1) is 10.2. The Kier molecular flexibility index (Phi) is 5.83. The lowest BCUT2D eigenvalue weighted by Crippen LogP contribution is -2.17. The van der Waals surface area contributed by atoms with Crippen molar-refractivity contribution in [2.45, 2.75) is 13.1 Å². The summed E-state index contributed by atoms with van der Waals surface area (Å²) in [6.07, 6.45) is 0. The van der Waals surface area contributed by atoms with E-state index in [1.165, 1.54) is 5.56 Å². The summed E-state index contributed by atoms with van der Waals surface area (Å²) in [4.78, 5) is 2.22. The van der Waals surface area contributed by atoms with E-state index in [0.29, 0.717) is 0 Å². The molecule has 0 aliphatic carbocycles. The maximum absolute atomic E-state index is 8.67. The Morgan fingerprint density at radius 1 is 1.05 bits per heavy atom. The molecule has 2 rings (SSSR count). The molecule has 2 aromatic rings. The molecule has 21 heavy (non-hydrogen) atoms. The average Bonchev–Trinajstić information content (AvgIpc) is 2.49. The number of hydrogen-bond donors (Lipinski definition) is 1. The number of hydrogen-bond acceptors (Lipinski definition) is 2. The van der Waals surface area contributed by atoms with Crippen molar-refractivity contribution in [3.63, 3.8) is 0 Å². The van der Waals surface area contributed by atoms with E-state index in [1.54, 1.807) is 0 Å². The molecular formula is C18H18ClNO. The van der Waals surface area contributed by atoms with Gasteiger partial charge in [-0.2, -0.15) is 0 Å². The molecule has 0 aliphatic rings. The lowest BCUT2D eigenvalue weighted by Gasteiger charge is -2.17. The molecule has 2 aromatic carbocycles. The van der Waals surface area contributed by atoms with Crippen molar-refractivity contribution >= 4 is 11.6 Å². The lowest BCUT2D eigenvalue weighted by atomic mass is 10.1. The van der Waals surface area contributed by atoms with Gasteiger partial charge in [0.1, 0.15) is 6.61 Å². The van der Waals surface area contributed by atoms with Gasteiger partial charge in [0.05, 0.1) is 0 Å². The van der Waals surface area contributed by atoms with Crippen molar-refractivity contribution in [2.75, 3.05) is 13.7 Å². The Hall–Kier alpha value is -1.79. The SMILES string of the molecule is CN(Cc1ccc(C#CCO)cc1)Cc1ccccc1Cl. The first-order valence-corrected chi connectivity index (χ1v) is 7.17. The van der Waals surface area contributed by atoms with Crippen molar-refractivity contribution in [3.05, 3.63) is 70.2 Å². The highest BCUT2D eigenvalue weighted by Gasteiger charge is 2.04. The molecule has 0 saturated heterocycles. The van der Waals surface area contributed by atoms with Crippen LogP contribution in [0, 0.1) is 11.8 Å². The van der Waals surface area contributed by atoms with Crippen LogP contribution >= 0.6 is 11.6 Å². The molecule has 0 amide bonds. The van der Waals surface area contributed by atoms with E-state index in [-0.39, 0.29) is 6.61 Å². The molecule has 0 spiro atoms. The molecule has 0 fully saturated rings. The number of nitrogens with zero attached hydrogens (tertiary/aromatic N) is 1. The zero-order chi connectivity index (χ0) is 15.1. The molecular weight excluding hydrogens is 282 g/mol. The van der Waals surface area contributed by atoms with Gasteiger partial charge in [-0.1, -0.05) is 53.8 Å². The van der Waals surface area contributed by atoms with Crippen molar-refractivity contribution in [3.8, 4) is 11.8 Å². The summed E-state index contributed by atoms with van der Waals surface area (Å²) >= 11 is 6.18. The van der Waals surface area contributed by atoms with Crippen molar-refractivity contribution < 1.29 is 5.11 Å². The Morgan fingerprint density at radius 2 is 1.76 bits per heavy atom. The van der Waals surface area contributed by atoms with Crippen molar-refractivity contribution in [1.29, 1.82) is 0 Å². The van der Waals surface area contributed by atoms with Gasteiger partial charge in [0, 0.05) is 23.7 Å². The van der Waals surface area contributed by atoms with E-state index >= 15 is 0 Å². The molecule has 0 aromatic heterocycles. The molecule has 0 unspecified atom stereocenters. The second-order valence-electron chi connectivity index (χ2n) is 4.92. The predicted molar refractivity (Wildman–Crippen MR) is 87.0 cm³/mol. The maximum Gasteiger partial charge on any atom is 0.104 e. The number of halogens is 1. The summed E-state index contributed by atoms with van der Waals surface area (Å²) in [5.74, 6) is 5.54. The largest absolute Gasteiger partial charge is 0.384 e. The first kappa shape index (κ1) is 15.6. The van der Waals surface area contributed by atoms with Gasteiger partial charge in [0.25, 0.3) is 0 Å². The molecule has 3 heteroatoms. The maximum atomic E-state index is 8.67. The molecule has 0 atom stereocenters. The standard InChI is InChI=1S/C18H18ClNO/c1-20(14-17-6-2-3-7-18(17)19)13-16-10-8-15(9-11-16)5-4-12-21/h2-3,6-11,21H,12-14H2,1H3. The van der Waals surface area contributed by atoms with Crippen LogP contribution in [0.2, 0.25) is 5.02 Å². The van der Waals surface area contributed by atoms with Crippen molar-refractivity contribution in [2.24, 2.45) is 0 Å². The van der Waals surface area contributed by atoms with Gasteiger partial charge in [0.15, 0.2) is 0 Å². The Morgan fingerprint density at radius 3 is 2.43 bits per heavy atom. The van der Waals surface area contributed by atoms with Crippen LogP contribution in [0.1, 0.15) is 16.7 Å². The van der Waals surface area contributed by atoms with Gasteiger partial charge in [-0.05, 0) is 36.4 Å². The molecule has 0 saturated carbocycles. The summed E-state index contributed by atoms with van der Waals surface area (Å²) in [6, 6.07) is 16.0. The highest BCUT2D eigenvalue weighted by Crippen LogP contribution is 2.17. The van der Waals surface area contributed by atoms with E-state index in [1.807, 2.05) is 36.4 Å². The zero-order valence-corrected chi connectivity index (χ0v) is 12.8. The normalized spacial score (nSPS) is 10.3. The monoisotopic (exact) mass is 299 g/mol. The van der Waals surface area contributed by atoms with Crippen LogP contribution in [-0.4, -0.2) is 23.7 Å². The van der Waals surface area contributed by atoms with Crippen LogP contribution in [0.15, 0.2) is 48.5 Å². The number of aliphatic hydroxyl groups excluding tert-OH is 1. The van der Waals surface area contributed by atoms with Gasteiger partial charge in [-0.15, -0.1) is 0 Å². The summed E-state index contributed by atoms with van der Waals surface area (Å²) in [5, 5.41) is 9.48. The second-order valence-corrected chi connectivity index (χ2v) is 5.33. The van der Waals surface area contributed by atoms with Gasteiger partial charge >= 0.3 is 0 Å². The molecule has 0 heterocycles.